The van der Waals surface area contributed by atoms with Gasteiger partial charge in [-0.3, -0.25) is 9.59 Å². The molecular formula is C21H20N2O3. The van der Waals surface area contributed by atoms with Crippen LogP contribution in [-0.2, 0) is 16.0 Å². The highest BCUT2D eigenvalue weighted by molar-refractivity contribution is 5.97. The first-order valence-electron chi connectivity index (χ1n) is 8.77. The number of anilines is 2. The van der Waals surface area contributed by atoms with Gasteiger partial charge in [0.05, 0.1) is 12.7 Å². The summed E-state index contributed by atoms with van der Waals surface area (Å²) in [5.41, 5.74) is 4.39. The Hall–Kier alpha value is -3.08. The Bertz CT molecular complexity index is 973. The van der Waals surface area contributed by atoms with Gasteiger partial charge in [-0.1, -0.05) is 12.1 Å². The Labute approximate surface area is 151 Å². The molecule has 26 heavy (non-hydrogen) atoms. The molecule has 1 N–H and O–H groups in total. The number of carbonyl (C=O) groups excluding carboxylic acids is 2. The summed E-state index contributed by atoms with van der Waals surface area (Å²) in [7, 11) is 0. The lowest BCUT2D eigenvalue weighted by Gasteiger charge is -2.16. The molecule has 5 nitrogen and oxygen atoms in total. The van der Waals surface area contributed by atoms with Crippen LogP contribution in [0, 0.1) is 6.92 Å². The fourth-order valence-electron chi connectivity index (χ4n) is 3.35. The van der Waals surface area contributed by atoms with Crippen molar-refractivity contribution in [2.45, 2.75) is 26.2 Å². The Kier molecular flexibility index (Phi) is 4.21. The summed E-state index contributed by atoms with van der Waals surface area (Å²) in [5.74, 6) is 0.0575. The molecule has 1 saturated heterocycles. The minimum Gasteiger partial charge on any atom is -0.464 e. The quantitative estimate of drug-likeness (QED) is 0.774. The molecule has 0 radical (unpaired) electrons. The summed E-state index contributed by atoms with van der Waals surface area (Å²) in [6, 6.07) is 13.4. The van der Waals surface area contributed by atoms with E-state index in [0.717, 1.165) is 40.7 Å². The molecule has 0 bridgehead atoms. The Morgan fingerprint density at radius 2 is 2.00 bits per heavy atom. The standard InChI is InChI=1S/C21H20N2O3/c1-14-4-9-18-15(13-26-19(18)11-14)12-20(24)22-16-5-7-17(8-6-16)23-10-2-3-21(23)25/h4-9,11,13H,2-3,10,12H2,1H3,(H,22,24). The second-order valence-electron chi connectivity index (χ2n) is 6.68. The van der Waals surface area contributed by atoms with Gasteiger partial charge in [0.25, 0.3) is 0 Å². The lowest BCUT2D eigenvalue weighted by atomic mass is 10.1. The van der Waals surface area contributed by atoms with Crippen molar-refractivity contribution in [1.29, 1.82) is 0 Å². The highest BCUT2D eigenvalue weighted by Crippen LogP contribution is 2.25. The third-order valence-electron chi connectivity index (χ3n) is 4.70. The van der Waals surface area contributed by atoms with Gasteiger partial charge in [-0.25, -0.2) is 0 Å². The van der Waals surface area contributed by atoms with Crippen LogP contribution in [0.2, 0.25) is 0 Å². The molecule has 0 spiro atoms. The number of benzene rings is 2. The zero-order valence-electron chi connectivity index (χ0n) is 14.6. The van der Waals surface area contributed by atoms with Gasteiger partial charge >= 0.3 is 0 Å². The van der Waals surface area contributed by atoms with Gasteiger partial charge in [0.1, 0.15) is 5.58 Å². The van der Waals surface area contributed by atoms with Crippen LogP contribution in [-0.4, -0.2) is 18.4 Å². The van der Waals surface area contributed by atoms with Gasteiger partial charge < -0.3 is 14.6 Å². The zero-order valence-corrected chi connectivity index (χ0v) is 14.6. The van der Waals surface area contributed by atoms with E-state index in [4.69, 9.17) is 4.42 Å². The molecule has 0 atom stereocenters. The van der Waals surface area contributed by atoms with Crippen LogP contribution < -0.4 is 10.2 Å². The second-order valence-corrected chi connectivity index (χ2v) is 6.68. The number of amides is 2. The molecule has 0 aliphatic carbocycles. The van der Waals surface area contributed by atoms with Crippen molar-refractivity contribution in [1.82, 2.24) is 0 Å². The number of fused-ring (bicyclic) bond motifs is 1. The number of furan rings is 1. The predicted molar refractivity (Wildman–Crippen MR) is 101 cm³/mol. The van der Waals surface area contributed by atoms with E-state index in [1.807, 2.05) is 49.4 Å². The summed E-state index contributed by atoms with van der Waals surface area (Å²) in [5, 5.41) is 3.87. The SMILES string of the molecule is Cc1ccc2c(CC(=O)Nc3ccc(N4CCCC4=O)cc3)coc2c1. The molecular weight excluding hydrogens is 328 g/mol. The molecule has 0 unspecified atom stereocenters. The average Bonchev–Trinajstić information content (AvgIpc) is 3.22. The van der Waals surface area contributed by atoms with Gasteiger partial charge in [-0.15, -0.1) is 0 Å². The molecule has 2 heterocycles. The third kappa shape index (κ3) is 3.20. The lowest BCUT2D eigenvalue weighted by Crippen LogP contribution is -2.23. The first-order valence-corrected chi connectivity index (χ1v) is 8.77. The Balaban J connectivity index is 1.43. The van der Waals surface area contributed by atoms with E-state index >= 15 is 0 Å². The summed E-state index contributed by atoms with van der Waals surface area (Å²) >= 11 is 0. The maximum Gasteiger partial charge on any atom is 0.228 e. The summed E-state index contributed by atoms with van der Waals surface area (Å²) in [6.07, 6.45) is 3.40. The number of hydrogen-bond donors (Lipinski definition) is 1. The van der Waals surface area contributed by atoms with Crippen molar-refractivity contribution in [2.75, 3.05) is 16.8 Å². The van der Waals surface area contributed by atoms with Crippen molar-refractivity contribution in [3.63, 3.8) is 0 Å². The normalized spacial score (nSPS) is 14.2. The molecule has 5 heteroatoms. The first-order chi connectivity index (χ1) is 12.6. The lowest BCUT2D eigenvalue weighted by molar-refractivity contribution is -0.117. The predicted octanol–water partition coefficient (Wildman–Crippen LogP) is 4.05. The van der Waals surface area contributed by atoms with Crippen LogP contribution in [0.3, 0.4) is 0 Å². The van der Waals surface area contributed by atoms with E-state index < -0.39 is 0 Å². The van der Waals surface area contributed by atoms with E-state index in [1.165, 1.54) is 0 Å². The highest BCUT2D eigenvalue weighted by atomic mass is 16.3. The maximum absolute atomic E-state index is 12.4. The molecule has 132 valence electrons. The molecule has 1 fully saturated rings. The molecule has 1 aliphatic rings. The van der Waals surface area contributed by atoms with Gasteiger partial charge in [-0.2, -0.15) is 0 Å². The first kappa shape index (κ1) is 16.4. The van der Waals surface area contributed by atoms with E-state index in [9.17, 15) is 9.59 Å². The molecule has 1 aromatic heterocycles. The number of aryl methyl sites for hydroxylation is 1. The minimum atomic E-state index is -0.0988. The summed E-state index contributed by atoms with van der Waals surface area (Å²) in [4.78, 5) is 25.9. The molecule has 2 amide bonds. The van der Waals surface area contributed by atoms with E-state index in [0.29, 0.717) is 12.1 Å². The van der Waals surface area contributed by atoms with E-state index in [-0.39, 0.29) is 18.2 Å². The maximum atomic E-state index is 12.4. The van der Waals surface area contributed by atoms with Crippen LogP contribution >= 0.6 is 0 Å². The van der Waals surface area contributed by atoms with Crippen molar-refractivity contribution in [2.24, 2.45) is 0 Å². The second kappa shape index (κ2) is 6.67. The van der Waals surface area contributed by atoms with Crippen LogP contribution in [0.4, 0.5) is 11.4 Å². The minimum absolute atomic E-state index is 0.0988. The van der Waals surface area contributed by atoms with Gasteiger partial charge in [-0.05, 0) is 49.2 Å². The fourth-order valence-corrected chi connectivity index (χ4v) is 3.35. The van der Waals surface area contributed by atoms with Gasteiger partial charge in [0.15, 0.2) is 0 Å². The van der Waals surface area contributed by atoms with Crippen LogP contribution in [0.25, 0.3) is 11.0 Å². The zero-order chi connectivity index (χ0) is 18.1. The Morgan fingerprint density at radius 3 is 2.73 bits per heavy atom. The third-order valence-corrected chi connectivity index (χ3v) is 4.70. The van der Waals surface area contributed by atoms with Crippen LogP contribution in [0.15, 0.2) is 53.1 Å². The monoisotopic (exact) mass is 348 g/mol. The number of nitrogens with zero attached hydrogens (tertiary/aromatic N) is 1. The topological polar surface area (TPSA) is 62.6 Å². The fraction of sp³-hybridized carbons (Fsp3) is 0.238. The Morgan fingerprint density at radius 1 is 1.19 bits per heavy atom. The summed E-state index contributed by atoms with van der Waals surface area (Å²) in [6.45, 7) is 2.77. The van der Waals surface area contributed by atoms with Gasteiger partial charge in [0.2, 0.25) is 11.8 Å². The van der Waals surface area contributed by atoms with Crippen molar-refractivity contribution < 1.29 is 14.0 Å². The largest absolute Gasteiger partial charge is 0.464 e. The van der Waals surface area contributed by atoms with E-state index in [2.05, 4.69) is 5.32 Å². The van der Waals surface area contributed by atoms with Crippen molar-refractivity contribution in [3.05, 3.63) is 59.9 Å². The molecule has 1 aliphatic heterocycles. The van der Waals surface area contributed by atoms with Gasteiger partial charge in [0, 0.05) is 35.3 Å². The average molecular weight is 348 g/mol. The van der Waals surface area contributed by atoms with Crippen LogP contribution in [0.1, 0.15) is 24.0 Å². The summed E-state index contributed by atoms with van der Waals surface area (Å²) < 4.78 is 5.55. The highest BCUT2D eigenvalue weighted by Gasteiger charge is 2.21. The number of nitrogens with one attached hydrogen (secondary N) is 1. The number of hydrogen-bond acceptors (Lipinski definition) is 3. The smallest absolute Gasteiger partial charge is 0.228 e. The van der Waals surface area contributed by atoms with E-state index in [1.54, 1.807) is 11.2 Å². The molecule has 4 rings (SSSR count). The van der Waals surface area contributed by atoms with Crippen molar-refractivity contribution in [3.8, 4) is 0 Å². The van der Waals surface area contributed by atoms with Crippen LogP contribution in [0.5, 0.6) is 0 Å². The molecule has 3 aromatic rings. The van der Waals surface area contributed by atoms with Crippen molar-refractivity contribution >= 4 is 34.2 Å². The molecule has 0 saturated carbocycles. The molecule has 2 aromatic carbocycles. The number of rotatable bonds is 4. The number of carbonyl (C=O) groups is 2.